The topological polar surface area (TPSA) is 55.1 Å². The fourth-order valence-corrected chi connectivity index (χ4v) is 1.24. The van der Waals surface area contributed by atoms with E-state index >= 15 is 0 Å². The molecule has 0 aromatic heterocycles. The predicted molar refractivity (Wildman–Crippen MR) is 48.6 cm³/mol. The largest absolute Gasteiger partial charge is 0.355 e. The van der Waals surface area contributed by atoms with Crippen molar-refractivity contribution >= 4 is 5.91 Å². The Hall–Kier alpha value is -0.570. The molecule has 3 nitrogen and oxygen atoms in total. The van der Waals surface area contributed by atoms with Crippen LogP contribution >= 0.6 is 0 Å². The van der Waals surface area contributed by atoms with Crippen LogP contribution in [0.25, 0.3) is 0 Å². The van der Waals surface area contributed by atoms with Crippen LogP contribution in [0.5, 0.6) is 0 Å². The first-order valence-electron chi connectivity index (χ1n) is 4.76. The normalized spacial score (nSPS) is 18.8. The number of nitrogens with one attached hydrogen (secondary N) is 1. The van der Waals surface area contributed by atoms with Crippen molar-refractivity contribution in [3.8, 4) is 0 Å². The van der Waals surface area contributed by atoms with E-state index in [1.54, 1.807) is 0 Å². The van der Waals surface area contributed by atoms with E-state index in [1.165, 1.54) is 12.8 Å². The molecule has 0 saturated heterocycles. The molecule has 1 fully saturated rings. The Bertz CT molecular complexity index is 155. The van der Waals surface area contributed by atoms with Crippen LogP contribution in [-0.2, 0) is 4.79 Å². The molecule has 0 bridgehead atoms. The summed E-state index contributed by atoms with van der Waals surface area (Å²) in [6.07, 6.45) is 4.01. The summed E-state index contributed by atoms with van der Waals surface area (Å²) in [5.74, 6) is 0.806. The van der Waals surface area contributed by atoms with Crippen LogP contribution in [0.1, 0.15) is 32.6 Å². The molecule has 0 aliphatic heterocycles. The molecule has 12 heavy (non-hydrogen) atoms. The molecule has 0 radical (unpaired) electrons. The van der Waals surface area contributed by atoms with Crippen molar-refractivity contribution in [3.63, 3.8) is 0 Å². The minimum Gasteiger partial charge on any atom is -0.355 e. The summed E-state index contributed by atoms with van der Waals surface area (Å²) in [4.78, 5) is 11.0. The van der Waals surface area contributed by atoms with Gasteiger partial charge in [-0.2, -0.15) is 0 Å². The first-order valence-corrected chi connectivity index (χ1v) is 4.76. The van der Waals surface area contributed by atoms with Crippen LogP contribution in [0.2, 0.25) is 0 Å². The lowest BCUT2D eigenvalue weighted by molar-refractivity contribution is -0.121. The maximum absolute atomic E-state index is 11.0. The van der Waals surface area contributed by atoms with Crippen LogP contribution in [0.4, 0.5) is 0 Å². The van der Waals surface area contributed by atoms with Gasteiger partial charge in [0, 0.05) is 19.0 Å². The van der Waals surface area contributed by atoms with E-state index in [-0.39, 0.29) is 11.9 Å². The summed E-state index contributed by atoms with van der Waals surface area (Å²) in [7, 11) is 0. The molecule has 1 saturated carbocycles. The van der Waals surface area contributed by atoms with E-state index in [0.717, 1.165) is 6.42 Å². The number of nitrogens with two attached hydrogens (primary N) is 1. The minimum absolute atomic E-state index is 0.133. The second-order valence-corrected chi connectivity index (χ2v) is 3.56. The van der Waals surface area contributed by atoms with Gasteiger partial charge in [0.05, 0.1) is 0 Å². The summed E-state index contributed by atoms with van der Waals surface area (Å²) in [5, 5.41) is 2.84. The fraction of sp³-hybridized carbons (Fsp3) is 0.889. The fourth-order valence-electron chi connectivity index (χ4n) is 1.24. The third-order valence-corrected chi connectivity index (χ3v) is 2.24. The molecular formula is C9H18N2O. The molecular weight excluding hydrogens is 152 g/mol. The molecule has 0 aromatic carbocycles. The molecule has 70 valence electrons. The molecule has 3 N–H and O–H groups in total. The summed E-state index contributed by atoms with van der Waals surface area (Å²) < 4.78 is 0. The van der Waals surface area contributed by atoms with E-state index < -0.39 is 0 Å². The van der Waals surface area contributed by atoms with Crippen molar-refractivity contribution in [2.45, 2.75) is 38.6 Å². The van der Waals surface area contributed by atoms with Gasteiger partial charge >= 0.3 is 0 Å². The molecule has 1 rings (SSSR count). The van der Waals surface area contributed by atoms with Crippen LogP contribution in [0.15, 0.2) is 0 Å². The quantitative estimate of drug-likeness (QED) is 0.636. The van der Waals surface area contributed by atoms with Crippen molar-refractivity contribution in [2.75, 3.05) is 6.54 Å². The monoisotopic (exact) mass is 170 g/mol. The molecule has 1 aliphatic carbocycles. The van der Waals surface area contributed by atoms with Crippen LogP contribution in [-0.4, -0.2) is 18.5 Å². The van der Waals surface area contributed by atoms with Crippen molar-refractivity contribution in [1.29, 1.82) is 0 Å². The first-order chi connectivity index (χ1) is 5.74. The summed E-state index contributed by atoms with van der Waals surface area (Å²) in [6, 6.07) is 0.186. The van der Waals surface area contributed by atoms with Gasteiger partial charge in [-0.1, -0.05) is 6.92 Å². The second kappa shape index (κ2) is 4.45. The lowest BCUT2D eigenvalue weighted by Gasteiger charge is -2.10. The first kappa shape index (κ1) is 9.52. The van der Waals surface area contributed by atoms with Crippen molar-refractivity contribution < 1.29 is 4.79 Å². The minimum atomic E-state index is 0.133. The highest BCUT2D eigenvalue weighted by Gasteiger charge is 2.28. The molecule has 0 aromatic rings. The van der Waals surface area contributed by atoms with Crippen LogP contribution < -0.4 is 11.1 Å². The van der Waals surface area contributed by atoms with Crippen LogP contribution in [0.3, 0.4) is 0 Å². The zero-order chi connectivity index (χ0) is 8.97. The van der Waals surface area contributed by atoms with Gasteiger partial charge in [-0.05, 0) is 25.2 Å². The maximum atomic E-state index is 11.0. The summed E-state index contributed by atoms with van der Waals surface area (Å²) in [5.41, 5.74) is 5.81. The Morgan fingerprint density at radius 2 is 2.33 bits per heavy atom. The standard InChI is InChI=1S/C9H18N2O/c1-2-3-9(12)11-6-8(10)7-4-5-7/h7-8H,2-6,10H2,1H3,(H,11,12). The van der Waals surface area contributed by atoms with Gasteiger partial charge in [0.25, 0.3) is 0 Å². The molecule has 3 heteroatoms. The third kappa shape index (κ3) is 3.22. The maximum Gasteiger partial charge on any atom is 0.220 e. The van der Waals surface area contributed by atoms with Gasteiger partial charge in [-0.3, -0.25) is 4.79 Å². The number of carbonyl (C=O) groups excluding carboxylic acids is 1. The molecule has 1 amide bonds. The average Bonchev–Trinajstić information content (AvgIpc) is 2.83. The van der Waals surface area contributed by atoms with Gasteiger partial charge in [-0.25, -0.2) is 0 Å². The predicted octanol–water partition coefficient (Wildman–Crippen LogP) is 0.640. The van der Waals surface area contributed by atoms with Gasteiger partial charge in [-0.15, -0.1) is 0 Å². The summed E-state index contributed by atoms with van der Waals surface area (Å²) in [6.45, 7) is 2.66. The van der Waals surface area contributed by atoms with Crippen LogP contribution in [0, 0.1) is 5.92 Å². The SMILES string of the molecule is CCCC(=O)NCC(N)C1CC1. The van der Waals surface area contributed by atoms with Crippen molar-refractivity contribution in [1.82, 2.24) is 5.32 Å². The highest BCUT2D eigenvalue weighted by Crippen LogP contribution is 2.31. The number of hydrogen-bond acceptors (Lipinski definition) is 2. The lowest BCUT2D eigenvalue weighted by atomic mass is 10.2. The van der Waals surface area contributed by atoms with E-state index in [9.17, 15) is 4.79 Å². The molecule has 0 spiro atoms. The highest BCUT2D eigenvalue weighted by molar-refractivity contribution is 5.75. The molecule has 1 aliphatic rings. The second-order valence-electron chi connectivity index (χ2n) is 3.56. The number of amides is 1. The van der Waals surface area contributed by atoms with Gasteiger partial charge in [0.2, 0.25) is 5.91 Å². The Balaban J connectivity index is 2.03. The molecule has 1 atom stereocenters. The Morgan fingerprint density at radius 1 is 1.67 bits per heavy atom. The van der Waals surface area contributed by atoms with E-state index in [0.29, 0.717) is 18.9 Å². The Kier molecular flexibility index (Phi) is 3.53. The number of carbonyl (C=O) groups is 1. The van der Waals surface area contributed by atoms with E-state index in [1.807, 2.05) is 6.92 Å². The van der Waals surface area contributed by atoms with E-state index in [2.05, 4.69) is 5.32 Å². The van der Waals surface area contributed by atoms with E-state index in [4.69, 9.17) is 5.73 Å². The Morgan fingerprint density at radius 3 is 2.83 bits per heavy atom. The van der Waals surface area contributed by atoms with Gasteiger partial charge in [0.15, 0.2) is 0 Å². The van der Waals surface area contributed by atoms with Gasteiger partial charge in [0.1, 0.15) is 0 Å². The lowest BCUT2D eigenvalue weighted by Crippen LogP contribution is -2.38. The Labute approximate surface area is 73.7 Å². The summed E-state index contributed by atoms with van der Waals surface area (Å²) >= 11 is 0. The molecule has 0 heterocycles. The van der Waals surface area contributed by atoms with Crippen molar-refractivity contribution in [3.05, 3.63) is 0 Å². The molecule has 1 unspecified atom stereocenters. The average molecular weight is 170 g/mol. The zero-order valence-corrected chi connectivity index (χ0v) is 7.68. The number of rotatable bonds is 5. The van der Waals surface area contributed by atoms with Crippen molar-refractivity contribution in [2.24, 2.45) is 11.7 Å². The third-order valence-electron chi connectivity index (χ3n) is 2.24. The van der Waals surface area contributed by atoms with Gasteiger partial charge < -0.3 is 11.1 Å². The number of hydrogen-bond donors (Lipinski definition) is 2. The highest BCUT2D eigenvalue weighted by atomic mass is 16.1. The zero-order valence-electron chi connectivity index (χ0n) is 7.68. The smallest absolute Gasteiger partial charge is 0.220 e.